The van der Waals surface area contributed by atoms with Crippen molar-refractivity contribution in [3.05, 3.63) is 35.4 Å². The highest BCUT2D eigenvalue weighted by Gasteiger charge is 2.23. The molecule has 1 amide bonds. The molecule has 2 unspecified atom stereocenters. The molecule has 1 aromatic rings. The molecule has 3 nitrogen and oxygen atoms in total. The highest BCUT2D eigenvalue weighted by molar-refractivity contribution is 5.79. The van der Waals surface area contributed by atoms with Crippen LogP contribution in [0.4, 0.5) is 0 Å². The van der Waals surface area contributed by atoms with Crippen LogP contribution in [-0.2, 0) is 17.8 Å². The van der Waals surface area contributed by atoms with Crippen LogP contribution in [0.1, 0.15) is 37.8 Å². The maximum Gasteiger partial charge on any atom is 0.224 e. The summed E-state index contributed by atoms with van der Waals surface area (Å²) in [7, 11) is 0. The zero-order valence-corrected chi connectivity index (χ0v) is 11.9. The third kappa shape index (κ3) is 4.06. The summed E-state index contributed by atoms with van der Waals surface area (Å²) < 4.78 is 0. The summed E-state index contributed by atoms with van der Waals surface area (Å²) >= 11 is 0. The van der Waals surface area contributed by atoms with E-state index in [9.17, 15) is 4.79 Å². The first kappa shape index (κ1) is 14.1. The van der Waals surface area contributed by atoms with E-state index >= 15 is 0 Å². The molecular formula is C16H24N2O. The molecule has 1 aliphatic rings. The molecule has 1 aromatic carbocycles. The van der Waals surface area contributed by atoms with Gasteiger partial charge >= 0.3 is 0 Å². The highest BCUT2D eigenvalue weighted by Crippen LogP contribution is 2.14. The van der Waals surface area contributed by atoms with E-state index in [4.69, 9.17) is 0 Å². The Kier molecular flexibility index (Phi) is 4.97. The van der Waals surface area contributed by atoms with Gasteiger partial charge in [-0.05, 0) is 37.3 Å². The molecule has 2 rings (SSSR count). The molecule has 19 heavy (non-hydrogen) atoms. The second-order valence-electron chi connectivity index (χ2n) is 5.47. The average molecular weight is 260 g/mol. The van der Waals surface area contributed by atoms with Crippen molar-refractivity contribution in [1.82, 2.24) is 10.6 Å². The first-order valence-electron chi connectivity index (χ1n) is 7.28. The predicted molar refractivity (Wildman–Crippen MR) is 77.9 cm³/mol. The van der Waals surface area contributed by atoms with E-state index in [0.717, 1.165) is 25.8 Å². The summed E-state index contributed by atoms with van der Waals surface area (Å²) in [5, 5.41) is 6.41. The number of piperidine rings is 1. The lowest BCUT2D eigenvalue weighted by Crippen LogP contribution is -2.43. The van der Waals surface area contributed by atoms with Crippen molar-refractivity contribution in [3.8, 4) is 0 Å². The van der Waals surface area contributed by atoms with Crippen molar-refractivity contribution < 1.29 is 4.79 Å². The Balaban J connectivity index is 1.79. The van der Waals surface area contributed by atoms with Gasteiger partial charge in [0.2, 0.25) is 5.91 Å². The van der Waals surface area contributed by atoms with Crippen molar-refractivity contribution in [2.45, 2.75) is 45.7 Å². The Morgan fingerprint density at radius 3 is 2.53 bits per heavy atom. The number of rotatable bonds is 4. The van der Waals surface area contributed by atoms with Crippen molar-refractivity contribution in [3.63, 3.8) is 0 Å². The van der Waals surface area contributed by atoms with Gasteiger partial charge in [0.15, 0.2) is 0 Å². The van der Waals surface area contributed by atoms with Crippen LogP contribution in [0.15, 0.2) is 24.3 Å². The molecule has 0 spiro atoms. The summed E-state index contributed by atoms with van der Waals surface area (Å²) in [6.45, 7) is 5.76. The number of hydrogen-bond donors (Lipinski definition) is 2. The lowest BCUT2D eigenvalue weighted by Gasteiger charge is -2.26. The normalized spacial score (nSPS) is 23.1. The third-order valence-electron chi connectivity index (χ3n) is 3.93. The van der Waals surface area contributed by atoms with Crippen LogP contribution in [0.5, 0.6) is 0 Å². The van der Waals surface area contributed by atoms with Crippen molar-refractivity contribution in [2.75, 3.05) is 6.54 Å². The van der Waals surface area contributed by atoms with Gasteiger partial charge in [-0.1, -0.05) is 31.2 Å². The van der Waals surface area contributed by atoms with Gasteiger partial charge in [-0.2, -0.15) is 0 Å². The predicted octanol–water partition coefficient (Wildman–Crippen LogP) is 2.25. The van der Waals surface area contributed by atoms with Gasteiger partial charge in [0, 0.05) is 19.1 Å². The Morgan fingerprint density at radius 1 is 1.26 bits per heavy atom. The largest absolute Gasteiger partial charge is 0.352 e. The van der Waals surface area contributed by atoms with Gasteiger partial charge in [0.05, 0.1) is 5.92 Å². The van der Waals surface area contributed by atoms with Crippen LogP contribution in [0, 0.1) is 5.92 Å². The van der Waals surface area contributed by atoms with Crippen LogP contribution in [-0.4, -0.2) is 18.5 Å². The van der Waals surface area contributed by atoms with Crippen LogP contribution in [0.2, 0.25) is 0 Å². The number of benzene rings is 1. The zero-order valence-electron chi connectivity index (χ0n) is 11.9. The summed E-state index contributed by atoms with van der Waals surface area (Å²) in [5.41, 5.74) is 2.50. The van der Waals surface area contributed by atoms with Gasteiger partial charge in [-0.25, -0.2) is 0 Å². The summed E-state index contributed by atoms with van der Waals surface area (Å²) in [4.78, 5) is 12.1. The summed E-state index contributed by atoms with van der Waals surface area (Å²) in [5.74, 6) is 0.310. The molecule has 1 fully saturated rings. The first-order chi connectivity index (χ1) is 9.19. The van der Waals surface area contributed by atoms with E-state index in [0.29, 0.717) is 12.6 Å². The standard InChI is InChI=1S/C16H24N2O/c1-3-13-5-7-14(8-6-13)10-18-16(19)15-9-4-12(2)17-11-15/h5-8,12,15,17H,3-4,9-11H2,1-2H3,(H,18,19). The fourth-order valence-electron chi connectivity index (χ4n) is 2.45. The van der Waals surface area contributed by atoms with Crippen molar-refractivity contribution in [1.29, 1.82) is 0 Å². The monoisotopic (exact) mass is 260 g/mol. The van der Waals surface area contributed by atoms with E-state index < -0.39 is 0 Å². The Labute approximate surface area is 115 Å². The summed E-state index contributed by atoms with van der Waals surface area (Å²) in [6.07, 6.45) is 3.14. The molecule has 3 heteroatoms. The SMILES string of the molecule is CCc1ccc(CNC(=O)C2CCC(C)NC2)cc1. The lowest BCUT2D eigenvalue weighted by atomic mass is 9.95. The van der Waals surface area contributed by atoms with Crippen LogP contribution in [0.3, 0.4) is 0 Å². The second kappa shape index (κ2) is 6.71. The topological polar surface area (TPSA) is 41.1 Å². The molecule has 0 aromatic heterocycles. The van der Waals surface area contributed by atoms with Crippen molar-refractivity contribution >= 4 is 5.91 Å². The quantitative estimate of drug-likeness (QED) is 0.872. The smallest absolute Gasteiger partial charge is 0.224 e. The Bertz CT molecular complexity index is 405. The zero-order chi connectivity index (χ0) is 13.7. The second-order valence-corrected chi connectivity index (χ2v) is 5.47. The van der Waals surface area contributed by atoms with E-state index in [1.54, 1.807) is 0 Å². The third-order valence-corrected chi connectivity index (χ3v) is 3.93. The number of carbonyl (C=O) groups excluding carboxylic acids is 1. The van der Waals surface area contributed by atoms with Crippen molar-refractivity contribution in [2.24, 2.45) is 5.92 Å². The molecule has 2 N–H and O–H groups in total. The first-order valence-corrected chi connectivity index (χ1v) is 7.28. The van der Waals surface area contributed by atoms with Crippen LogP contribution < -0.4 is 10.6 Å². The number of aryl methyl sites for hydroxylation is 1. The minimum Gasteiger partial charge on any atom is -0.352 e. The molecule has 1 aliphatic heterocycles. The minimum absolute atomic E-state index is 0.131. The maximum atomic E-state index is 12.1. The minimum atomic E-state index is 0.131. The molecule has 0 saturated carbocycles. The number of carbonyl (C=O) groups is 1. The summed E-state index contributed by atoms with van der Waals surface area (Å²) in [6, 6.07) is 9.00. The molecule has 0 bridgehead atoms. The van der Waals surface area contributed by atoms with Gasteiger partial charge in [0.1, 0.15) is 0 Å². The van der Waals surface area contributed by atoms with E-state index in [2.05, 4.69) is 48.7 Å². The average Bonchev–Trinajstić information content (AvgIpc) is 2.46. The Hall–Kier alpha value is -1.35. The fourth-order valence-corrected chi connectivity index (χ4v) is 2.45. The Morgan fingerprint density at radius 2 is 1.95 bits per heavy atom. The van der Waals surface area contributed by atoms with Gasteiger partial charge in [-0.15, -0.1) is 0 Å². The molecular weight excluding hydrogens is 236 g/mol. The highest BCUT2D eigenvalue weighted by atomic mass is 16.1. The molecule has 0 radical (unpaired) electrons. The molecule has 1 saturated heterocycles. The molecule has 2 atom stereocenters. The van der Waals surface area contributed by atoms with Gasteiger partial charge in [0.25, 0.3) is 0 Å². The maximum absolute atomic E-state index is 12.1. The molecule has 104 valence electrons. The molecule has 1 heterocycles. The van der Waals surface area contributed by atoms with Gasteiger partial charge in [-0.3, -0.25) is 4.79 Å². The number of nitrogens with one attached hydrogen (secondary N) is 2. The van der Waals surface area contributed by atoms with Crippen LogP contribution >= 0.6 is 0 Å². The number of amides is 1. The fraction of sp³-hybridized carbons (Fsp3) is 0.562. The van der Waals surface area contributed by atoms with Gasteiger partial charge < -0.3 is 10.6 Å². The molecule has 0 aliphatic carbocycles. The van der Waals surface area contributed by atoms with E-state index in [1.165, 1.54) is 11.1 Å². The number of hydrogen-bond acceptors (Lipinski definition) is 2. The lowest BCUT2D eigenvalue weighted by molar-refractivity contribution is -0.125. The van der Waals surface area contributed by atoms with E-state index in [-0.39, 0.29) is 11.8 Å². The van der Waals surface area contributed by atoms with Crippen LogP contribution in [0.25, 0.3) is 0 Å². The van der Waals surface area contributed by atoms with E-state index in [1.807, 2.05) is 0 Å².